The summed E-state index contributed by atoms with van der Waals surface area (Å²) in [6.45, 7) is 3.05. The van der Waals surface area contributed by atoms with E-state index in [4.69, 9.17) is 9.97 Å². The molecule has 1 aliphatic heterocycles. The van der Waals surface area contributed by atoms with Gasteiger partial charge in [-0.2, -0.15) is 4.98 Å². The number of nitrogens with zero attached hydrogens (tertiary/aromatic N) is 5. The molecule has 4 aromatic rings. The largest absolute Gasteiger partial charge is 0.394 e. The van der Waals surface area contributed by atoms with Crippen LogP contribution in [0.4, 0.5) is 17.6 Å². The molecule has 7 nitrogen and oxygen atoms in total. The number of aliphatic hydroxyl groups is 1. The van der Waals surface area contributed by atoms with Gasteiger partial charge in [0.2, 0.25) is 5.95 Å². The maximum Gasteiger partial charge on any atom is 0.228 e. The number of imidazole rings is 1. The van der Waals surface area contributed by atoms with Gasteiger partial charge < -0.3 is 19.9 Å². The quantitative estimate of drug-likeness (QED) is 0.523. The Morgan fingerprint density at radius 1 is 1.24 bits per heavy atom. The van der Waals surface area contributed by atoms with Gasteiger partial charge in [0.05, 0.1) is 29.1 Å². The van der Waals surface area contributed by atoms with Crippen molar-refractivity contribution in [1.82, 2.24) is 19.5 Å². The zero-order chi connectivity index (χ0) is 19.8. The molecule has 0 spiro atoms. The molecule has 148 valence electrons. The van der Waals surface area contributed by atoms with E-state index < -0.39 is 0 Å². The van der Waals surface area contributed by atoms with Gasteiger partial charge in [-0.1, -0.05) is 18.2 Å². The molecule has 0 bridgehead atoms. The molecule has 1 saturated heterocycles. The first kappa shape index (κ1) is 18.1. The number of fused-ring (bicyclic) bond motifs is 1. The van der Waals surface area contributed by atoms with Crippen molar-refractivity contribution in [1.29, 1.82) is 0 Å². The minimum atomic E-state index is 0.0801. The number of nitrogens with one attached hydrogen (secondary N) is 1. The lowest BCUT2D eigenvalue weighted by Crippen LogP contribution is -2.33. The van der Waals surface area contributed by atoms with Crippen LogP contribution in [0.15, 0.2) is 48.2 Å². The van der Waals surface area contributed by atoms with Gasteiger partial charge in [0.1, 0.15) is 12.1 Å². The van der Waals surface area contributed by atoms with E-state index in [9.17, 15) is 5.11 Å². The maximum absolute atomic E-state index is 9.72. The Morgan fingerprint density at radius 2 is 2.10 bits per heavy atom. The zero-order valence-electron chi connectivity index (χ0n) is 16.1. The average Bonchev–Trinajstić information content (AvgIpc) is 3.49. The van der Waals surface area contributed by atoms with Gasteiger partial charge in [-0.05, 0) is 42.8 Å². The molecule has 5 rings (SSSR count). The Morgan fingerprint density at radius 3 is 2.93 bits per heavy atom. The average molecular weight is 407 g/mol. The number of hydrogen-bond acceptors (Lipinski definition) is 7. The van der Waals surface area contributed by atoms with E-state index in [2.05, 4.69) is 27.5 Å². The van der Waals surface area contributed by atoms with E-state index in [0.717, 1.165) is 52.5 Å². The molecule has 1 fully saturated rings. The van der Waals surface area contributed by atoms with Crippen LogP contribution in [0.2, 0.25) is 0 Å². The van der Waals surface area contributed by atoms with Gasteiger partial charge in [-0.3, -0.25) is 0 Å². The highest BCUT2D eigenvalue weighted by Gasteiger charge is 2.27. The standard InChI is InChI=1S/C21H22N6OS/c1-14-12-29-19-18(14)24-21(27-9-5-8-16(27)11-28)25-20(19)23-17-10-26(13-22-17)15-6-3-2-4-7-15/h2-4,6-7,10,12-13,16,28H,5,8-9,11H2,1H3,(H,23,24,25). The molecule has 1 unspecified atom stereocenters. The number of aryl methyl sites for hydroxylation is 1. The first-order valence-corrected chi connectivity index (χ1v) is 10.6. The van der Waals surface area contributed by atoms with Gasteiger partial charge in [0.15, 0.2) is 5.82 Å². The van der Waals surface area contributed by atoms with Gasteiger partial charge >= 0.3 is 0 Å². The molecule has 0 amide bonds. The minimum Gasteiger partial charge on any atom is -0.394 e. The van der Waals surface area contributed by atoms with Crippen molar-refractivity contribution in [2.45, 2.75) is 25.8 Å². The number of rotatable bonds is 5. The molecule has 8 heteroatoms. The van der Waals surface area contributed by atoms with Crippen LogP contribution in [-0.4, -0.2) is 43.8 Å². The summed E-state index contributed by atoms with van der Waals surface area (Å²) in [5.74, 6) is 2.15. The summed E-state index contributed by atoms with van der Waals surface area (Å²) < 4.78 is 2.99. The SMILES string of the molecule is Cc1csc2c(Nc3cn(-c4ccccc4)cn3)nc(N3CCCC3CO)nc12. The molecule has 3 aromatic heterocycles. The van der Waals surface area contributed by atoms with E-state index in [1.807, 2.05) is 41.1 Å². The number of aliphatic hydroxyl groups excluding tert-OH is 1. The second-order valence-corrected chi connectivity index (χ2v) is 8.15. The molecule has 0 radical (unpaired) electrons. The molecular weight excluding hydrogens is 384 g/mol. The Hall–Kier alpha value is -2.97. The van der Waals surface area contributed by atoms with Crippen LogP contribution in [0.3, 0.4) is 0 Å². The third-order valence-electron chi connectivity index (χ3n) is 5.31. The highest BCUT2D eigenvalue weighted by Crippen LogP contribution is 2.34. The summed E-state index contributed by atoms with van der Waals surface area (Å²) in [6.07, 6.45) is 5.75. The predicted molar refractivity (Wildman–Crippen MR) is 116 cm³/mol. The molecular formula is C21H22N6OS. The predicted octanol–water partition coefficient (Wildman–Crippen LogP) is 3.89. The van der Waals surface area contributed by atoms with Gasteiger partial charge in [0.25, 0.3) is 0 Å². The van der Waals surface area contributed by atoms with Crippen molar-refractivity contribution in [3.05, 3.63) is 53.8 Å². The normalized spacial score (nSPS) is 16.6. The van der Waals surface area contributed by atoms with Crippen LogP contribution >= 0.6 is 11.3 Å². The monoisotopic (exact) mass is 406 g/mol. The molecule has 1 aromatic carbocycles. The second-order valence-electron chi connectivity index (χ2n) is 7.27. The van der Waals surface area contributed by atoms with Crippen LogP contribution < -0.4 is 10.2 Å². The molecule has 29 heavy (non-hydrogen) atoms. The van der Waals surface area contributed by atoms with E-state index in [1.54, 1.807) is 17.7 Å². The summed E-state index contributed by atoms with van der Waals surface area (Å²) in [7, 11) is 0. The van der Waals surface area contributed by atoms with Gasteiger partial charge in [0, 0.05) is 12.2 Å². The first-order valence-electron chi connectivity index (χ1n) is 9.72. The molecule has 1 atom stereocenters. The lowest BCUT2D eigenvalue weighted by molar-refractivity contribution is 0.265. The van der Waals surface area contributed by atoms with Crippen molar-refractivity contribution < 1.29 is 5.11 Å². The Bertz CT molecular complexity index is 1140. The summed E-state index contributed by atoms with van der Waals surface area (Å²) >= 11 is 1.63. The van der Waals surface area contributed by atoms with E-state index in [0.29, 0.717) is 5.95 Å². The zero-order valence-corrected chi connectivity index (χ0v) is 16.9. The maximum atomic E-state index is 9.72. The van der Waals surface area contributed by atoms with E-state index in [1.165, 1.54) is 0 Å². The van der Waals surface area contributed by atoms with Crippen LogP contribution in [0, 0.1) is 6.92 Å². The molecule has 0 saturated carbocycles. The smallest absolute Gasteiger partial charge is 0.228 e. The van der Waals surface area contributed by atoms with Crippen LogP contribution in [0.25, 0.3) is 15.9 Å². The lowest BCUT2D eigenvalue weighted by atomic mass is 10.2. The highest BCUT2D eigenvalue weighted by molar-refractivity contribution is 7.18. The fourth-order valence-corrected chi connectivity index (χ4v) is 4.71. The second kappa shape index (κ2) is 7.46. The summed E-state index contributed by atoms with van der Waals surface area (Å²) in [5.41, 5.74) is 3.14. The Balaban J connectivity index is 1.52. The number of para-hydroxylation sites is 1. The van der Waals surface area contributed by atoms with Crippen LogP contribution in [-0.2, 0) is 0 Å². The van der Waals surface area contributed by atoms with Crippen molar-refractivity contribution in [3.63, 3.8) is 0 Å². The fourth-order valence-electron chi connectivity index (χ4n) is 3.77. The minimum absolute atomic E-state index is 0.0801. The number of benzene rings is 1. The summed E-state index contributed by atoms with van der Waals surface area (Å²) in [4.78, 5) is 16.3. The third kappa shape index (κ3) is 3.34. The highest BCUT2D eigenvalue weighted by atomic mass is 32.1. The van der Waals surface area contributed by atoms with Crippen molar-refractivity contribution >= 4 is 39.1 Å². The van der Waals surface area contributed by atoms with Crippen molar-refractivity contribution in [3.8, 4) is 5.69 Å². The molecule has 2 N–H and O–H groups in total. The number of aromatic nitrogens is 4. The summed E-state index contributed by atoms with van der Waals surface area (Å²) in [5, 5.41) is 15.2. The van der Waals surface area contributed by atoms with Gasteiger partial charge in [-0.15, -0.1) is 11.3 Å². The van der Waals surface area contributed by atoms with Crippen LogP contribution in [0.1, 0.15) is 18.4 Å². The molecule has 4 heterocycles. The molecule has 0 aliphatic carbocycles. The van der Waals surface area contributed by atoms with E-state index >= 15 is 0 Å². The van der Waals surface area contributed by atoms with Crippen molar-refractivity contribution in [2.24, 2.45) is 0 Å². The van der Waals surface area contributed by atoms with Crippen LogP contribution in [0.5, 0.6) is 0 Å². The number of thiophene rings is 1. The van der Waals surface area contributed by atoms with E-state index in [-0.39, 0.29) is 12.6 Å². The number of anilines is 3. The Labute approximate surface area is 172 Å². The topological polar surface area (TPSA) is 79.1 Å². The number of hydrogen-bond donors (Lipinski definition) is 2. The summed E-state index contributed by atoms with van der Waals surface area (Å²) in [6, 6.07) is 10.2. The molecule has 1 aliphatic rings. The lowest BCUT2D eigenvalue weighted by Gasteiger charge is -2.23. The third-order valence-corrected chi connectivity index (χ3v) is 6.40. The fraction of sp³-hybridized carbons (Fsp3) is 0.286. The van der Waals surface area contributed by atoms with Crippen molar-refractivity contribution in [2.75, 3.05) is 23.4 Å². The van der Waals surface area contributed by atoms with Gasteiger partial charge in [-0.25, -0.2) is 9.97 Å². The first-order chi connectivity index (χ1) is 14.2. The Kier molecular flexibility index (Phi) is 4.65.